The van der Waals surface area contributed by atoms with Crippen LogP contribution in [0.2, 0.25) is 0 Å². The van der Waals surface area contributed by atoms with Crippen LogP contribution in [0, 0.1) is 0 Å². The van der Waals surface area contributed by atoms with Crippen molar-refractivity contribution in [2.75, 3.05) is 19.0 Å². The number of hydrogen-bond donors (Lipinski definition) is 1. The first kappa shape index (κ1) is 16.7. The zero-order valence-corrected chi connectivity index (χ0v) is 15.5. The Balaban J connectivity index is 1.95. The Morgan fingerprint density at radius 2 is 1.88 bits per heavy atom. The predicted octanol–water partition coefficient (Wildman–Crippen LogP) is 4.86. The van der Waals surface area contributed by atoms with Crippen LogP contribution in [0.4, 0.5) is 5.82 Å². The standard InChI is InChI=1S/C22H25N3O/c1-3-16-10-4-6-13-19(16)25-22-18(12-8-9-15-23-22)21(24-25)17-11-5-7-14-20(17)26-2/h4-7,10-11,13-14,23H,3,8-9,12,15H2,1-2H3. The van der Waals surface area contributed by atoms with Crippen LogP contribution in [0.25, 0.3) is 16.9 Å². The van der Waals surface area contributed by atoms with Gasteiger partial charge in [0.2, 0.25) is 0 Å². The molecule has 0 radical (unpaired) electrons. The molecule has 0 atom stereocenters. The number of nitrogens with one attached hydrogen (secondary N) is 1. The summed E-state index contributed by atoms with van der Waals surface area (Å²) in [5.74, 6) is 2.00. The Hall–Kier alpha value is -2.75. The molecule has 3 aromatic rings. The molecule has 134 valence electrons. The number of ether oxygens (including phenoxy) is 1. The van der Waals surface area contributed by atoms with Crippen LogP contribution in [0.1, 0.15) is 30.9 Å². The molecule has 1 aliphatic rings. The first-order chi connectivity index (χ1) is 12.8. The average molecular weight is 347 g/mol. The molecule has 1 N–H and O–H groups in total. The lowest BCUT2D eigenvalue weighted by Gasteiger charge is -2.12. The van der Waals surface area contributed by atoms with Gasteiger partial charge in [0.05, 0.1) is 12.8 Å². The smallest absolute Gasteiger partial charge is 0.133 e. The van der Waals surface area contributed by atoms with Gasteiger partial charge in [0.15, 0.2) is 0 Å². The number of benzene rings is 2. The SMILES string of the molecule is CCc1ccccc1-n1nc(-c2ccccc2OC)c2c1NCCCC2. The first-order valence-corrected chi connectivity index (χ1v) is 9.41. The van der Waals surface area contributed by atoms with Gasteiger partial charge < -0.3 is 10.1 Å². The predicted molar refractivity (Wildman–Crippen MR) is 106 cm³/mol. The van der Waals surface area contributed by atoms with E-state index < -0.39 is 0 Å². The van der Waals surface area contributed by atoms with E-state index in [4.69, 9.17) is 9.84 Å². The summed E-state index contributed by atoms with van der Waals surface area (Å²) in [4.78, 5) is 0. The third-order valence-corrected chi connectivity index (χ3v) is 5.09. The van der Waals surface area contributed by atoms with Gasteiger partial charge in [-0.05, 0) is 49.4 Å². The summed E-state index contributed by atoms with van der Waals surface area (Å²) >= 11 is 0. The van der Waals surface area contributed by atoms with Gasteiger partial charge in [-0.1, -0.05) is 37.3 Å². The highest BCUT2D eigenvalue weighted by molar-refractivity contribution is 5.75. The molecule has 0 unspecified atom stereocenters. The topological polar surface area (TPSA) is 39.1 Å². The quantitative estimate of drug-likeness (QED) is 0.733. The fourth-order valence-corrected chi connectivity index (χ4v) is 3.75. The highest BCUT2D eigenvalue weighted by Crippen LogP contribution is 2.38. The van der Waals surface area contributed by atoms with E-state index in [0.29, 0.717) is 0 Å². The van der Waals surface area contributed by atoms with Gasteiger partial charge in [-0.25, -0.2) is 4.68 Å². The van der Waals surface area contributed by atoms with Crippen molar-refractivity contribution in [3.8, 4) is 22.7 Å². The van der Waals surface area contributed by atoms with E-state index in [1.54, 1.807) is 7.11 Å². The molecule has 26 heavy (non-hydrogen) atoms. The second kappa shape index (κ2) is 7.24. The van der Waals surface area contributed by atoms with Crippen LogP contribution in [-0.4, -0.2) is 23.4 Å². The highest BCUT2D eigenvalue weighted by atomic mass is 16.5. The molecule has 0 spiro atoms. The van der Waals surface area contributed by atoms with Crippen molar-refractivity contribution in [2.45, 2.75) is 32.6 Å². The van der Waals surface area contributed by atoms with Gasteiger partial charge >= 0.3 is 0 Å². The molecule has 0 bridgehead atoms. The fraction of sp³-hybridized carbons (Fsp3) is 0.318. The van der Waals surface area contributed by atoms with Crippen LogP contribution >= 0.6 is 0 Å². The Morgan fingerprint density at radius 1 is 1.08 bits per heavy atom. The minimum absolute atomic E-state index is 0.868. The van der Waals surface area contributed by atoms with Crippen LogP contribution in [0.5, 0.6) is 5.75 Å². The van der Waals surface area contributed by atoms with Crippen LogP contribution < -0.4 is 10.1 Å². The Labute approximate surface area is 154 Å². The fourth-order valence-electron chi connectivity index (χ4n) is 3.75. The number of anilines is 1. The van der Waals surface area contributed by atoms with E-state index in [2.05, 4.69) is 47.3 Å². The van der Waals surface area contributed by atoms with Crippen LogP contribution in [0.15, 0.2) is 48.5 Å². The van der Waals surface area contributed by atoms with Crippen molar-refractivity contribution in [1.82, 2.24) is 9.78 Å². The number of aromatic nitrogens is 2. The van der Waals surface area contributed by atoms with Crippen molar-refractivity contribution in [3.63, 3.8) is 0 Å². The molecule has 4 nitrogen and oxygen atoms in total. The summed E-state index contributed by atoms with van der Waals surface area (Å²) in [6.07, 6.45) is 4.36. The van der Waals surface area contributed by atoms with Crippen LogP contribution in [0.3, 0.4) is 0 Å². The number of para-hydroxylation sites is 2. The monoisotopic (exact) mass is 347 g/mol. The average Bonchev–Trinajstić information content (AvgIpc) is 2.88. The summed E-state index contributed by atoms with van der Waals surface area (Å²) in [6.45, 7) is 3.17. The number of hydrogen-bond acceptors (Lipinski definition) is 3. The van der Waals surface area contributed by atoms with Crippen molar-refractivity contribution in [2.24, 2.45) is 0 Å². The van der Waals surface area contributed by atoms with E-state index in [-0.39, 0.29) is 0 Å². The first-order valence-electron chi connectivity index (χ1n) is 9.41. The maximum Gasteiger partial charge on any atom is 0.133 e. The molecule has 0 amide bonds. The normalized spacial score (nSPS) is 13.6. The lowest BCUT2D eigenvalue weighted by Crippen LogP contribution is -2.08. The van der Waals surface area contributed by atoms with Crippen molar-refractivity contribution >= 4 is 5.82 Å². The zero-order valence-electron chi connectivity index (χ0n) is 15.5. The minimum Gasteiger partial charge on any atom is -0.496 e. The third kappa shape index (κ3) is 2.85. The molecule has 1 aromatic heterocycles. The molecular weight excluding hydrogens is 322 g/mol. The molecule has 0 saturated heterocycles. The second-order valence-electron chi connectivity index (χ2n) is 6.65. The van der Waals surface area contributed by atoms with E-state index in [9.17, 15) is 0 Å². The molecule has 0 aliphatic carbocycles. The largest absolute Gasteiger partial charge is 0.496 e. The Bertz CT molecular complexity index is 842. The van der Waals surface area contributed by atoms with Gasteiger partial charge in [0.25, 0.3) is 0 Å². The van der Waals surface area contributed by atoms with E-state index in [1.807, 2.05) is 18.2 Å². The van der Waals surface area contributed by atoms with E-state index >= 15 is 0 Å². The maximum absolute atomic E-state index is 5.61. The van der Waals surface area contributed by atoms with Gasteiger partial charge in [-0.2, -0.15) is 5.10 Å². The number of aryl methyl sites for hydroxylation is 1. The van der Waals surface area contributed by atoms with E-state index in [1.165, 1.54) is 24.0 Å². The number of nitrogens with zero attached hydrogens (tertiary/aromatic N) is 2. The van der Waals surface area contributed by atoms with Crippen molar-refractivity contribution in [3.05, 3.63) is 59.7 Å². The number of fused-ring (bicyclic) bond motifs is 1. The highest BCUT2D eigenvalue weighted by Gasteiger charge is 2.24. The van der Waals surface area contributed by atoms with Gasteiger partial charge in [0.1, 0.15) is 17.3 Å². The van der Waals surface area contributed by atoms with Gasteiger partial charge in [-0.15, -0.1) is 0 Å². The molecule has 0 fully saturated rings. The number of rotatable bonds is 4. The molecule has 2 heterocycles. The molecule has 2 aromatic carbocycles. The van der Waals surface area contributed by atoms with Gasteiger partial charge in [-0.3, -0.25) is 0 Å². The van der Waals surface area contributed by atoms with Crippen LogP contribution in [-0.2, 0) is 12.8 Å². The van der Waals surface area contributed by atoms with E-state index in [0.717, 1.165) is 47.9 Å². The zero-order chi connectivity index (χ0) is 17.9. The maximum atomic E-state index is 5.61. The summed E-state index contributed by atoms with van der Waals surface area (Å²) < 4.78 is 7.71. The molecule has 0 saturated carbocycles. The molecule has 4 heteroatoms. The minimum atomic E-state index is 0.868. The summed E-state index contributed by atoms with van der Waals surface area (Å²) in [5.41, 5.74) is 5.83. The second-order valence-corrected chi connectivity index (χ2v) is 6.65. The lowest BCUT2D eigenvalue weighted by molar-refractivity contribution is 0.416. The third-order valence-electron chi connectivity index (χ3n) is 5.09. The Kier molecular flexibility index (Phi) is 4.65. The van der Waals surface area contributed by atoms with Crippen molar-refractivity contribution in [1.29, 1.82) is 0 Å². The lowest BCUT2D eigenvalue weighted by atomic mass is 10.0. The summed E-state index contributed by atoms with van der Waals surface area (Å²) in [6, 6.07) is 16.7. The summed E-state index contributed by atoms with van der Waals surface area (Å²) in [5, 5.41) is 8.70. The molecule has 1 aliphatic heterocycles. The number of methoxy groups -OCH3 is 1. The summed E-state index contributed by atoms with van der Waals surface area (Å²) in [7, 11) is 1.72. The molecular formula is C22H25N3O. The Morgan fingerprint density at radius 3 is 2.73 bits per heavy atom. The molecule has 4 rings (SSSR count). The van der Waals surface area contributed by atoms with Crippen molar-refractivity contribution < 1.29 is 4.74 Å². The van der Waals surface area contributed by atoms with Gasteiger partial charge in [0, 0.05) is 17.7 Å².